The summed E-state index contributed by atoms with van der Waals surface area (Å²) in [7, 11) is 0. The van der Waals surface area contributed by atoms with E-state index in [4.69, 9.17) is 9.97 Å². The van der Waals surface area contributed by atoms with Gasteiger partial charge in [0.2, 0.25) is 5.95 Å². The topological polar surface area (TPSA) is 110 Å². The normalized spacial score (nSPS) is 20.1. The van der Waals surface area contributed by atoms with Crippen molar-refractivity contribution < 1.29 is 9.90 Å². The summed E-state index contributed by atoms with van der Waals surface area (Å²) in [6.45, 7) is 7.45. The van der Waals surface area contributed by atoms with Crippen LogP contribution in [0.25, 0.3) is 0 Å². The van der Waals surface area contributed by atoms with Crippen LogP contribution in [-0.2, 0) is 19.3 Å². The van der Waals surface area contributed by atoms with E-state index in [1.807, 2.05) is 12.4 Å². The minimum atomic E-state index is -0.816. The fourth-order valence-electron chi connectivity index (χ4n) is 5.70. The molecule has 2 saturated heterocycles. The van der Waals surface area contributed by atoms with Crippen LogP contribution < -0.4 is 10.2 Å². The lowest BCUT2D eigenvalue weighted by Gasteiger charge is -2.46. The number of aromatic amines is 1. The Kier molecular flexibility index (Phi) is 5.88. The van der Waals surface area contributed by atoms with Crippen molar-refractivity contribution in [1.29, 1.82) is 0 Å². The van der Waals surface area contributed by atoms with Crippen LogP contribution in [0.5, 0.6) is 0 Å². The molecule has 5 rings (SSSR count). The number of carbonyl (C=O) groups is 1. The van der Waals surface area contributed by atoms with E-state index >= 15 is 0 Å². The highest BCUT2D eigenvalue weighted by Crippen LogP contribution is 2.41. The first-order valence-electron chi connectivity index (χ1n) is 12.3. The smallest absolute Gasteiger partial charge is 0.407 e. The molecule has 2 aromatic rings. The molecule has 0 aromatic carbocycles. The van der Waals surface area contributed by atoms with Gasteiger partial charge in [-0.1, -0.05) is 13.8 Å². The number of hydrogen-bond donors (Lipinski definition) is 3. The van der Waals surface area contributed by atoms with Crippen molar-refractivity contribution in [1.82, 2.24) is 24.8 Å². The van der Waals surface area contributed by atoms with Gasteiger partial charge in [0.1, 0.15) is 11.6 Å². The fraction of sp³-hybridized carbons (Fsp3) is 0.667. The number of H-pyrrole nitrogens is 1. The zero-order valence-corrected chi connectivity index (χ0v) is 19.7. The third-order valence-corrected chi connectivity index (χ3v) is 7.31. The lowest BCUT2D eigenvalue weighted by Crippen LogP contribution is -2.59. The first-order valence-corrected chi connectivity index (χ1v) is 12.3. The molecule has 1 amide bonds. The number of carboxylic acid groups (broad SMARTS) is 1. The van der Waals surface area contributed by atoms with E-state index in [1.54, 1.807) is 0 Å². The molecule has 0 radical (unpaired) electrons. The Hall–Kier alpha value is -2.84. The van der Waals surface area contributed by atoms with Gasteiger partial charge in [0.15, 0.2) is 0 Å². The van der Waals surface area contributed by atoms with Crippen molar-refractivity contribution in [2.75, 3.05) is 36.4 Å². The van der Waals surface area contributed by atoms with Gasteiger partial charge in [0.25, 0.3) is 0 Å². The van der Waals surface area contributed by atoms with E-state index in [9.17, 15) is 9.90 Å². The van der Waals surface area contributed by atoms with Crippen LogP contribution in [0.3, 0.4) is 0 Å². The first kappa shape index (κ1) is 22.0. The Balaban J connectivity index is 1.38. The number of fused-ring (bicyclic) bond motifs is 1. The molecule has 33 heavy (non-hydrogen) atoms. The number of nitrogens with one attached hydrogen (secondary N) is 2. The molecule has 1 aliphatic carbocycles. The molecule has 0 unspecified atom stereocenters. The molecule has 0 saturated carbocycles. The fourth-order valence-corrected chi connectivity index (χ4v) is 5.70. The van der Waals surface area contributed by atoms with Crippen LogP contribution >= 0.6 is 0 Å². The standard InChI is InChI=1S/C24H35N7O2/c1-16(2)11-17(12-20-25-8-9-26-20)27-21-18-5-3-4-6-19(18)28-22(29-21)30-10-7-24(13-30)14-31(15-24)23(32)33/h8-9,16-17H,3-7,10-15H2,1-2H3,(H,25,26)(H,32,33)(H,27,28,29)/t17-/m0/s1. The first-order chi connectivity index (χ1) is 15.9. The van der Waals surface area contributed by atoms with Gasteiger partial charge >= 0.3 is 6.09 Å². The Morgan fingerprint density at radius 3 is 2.79 bits per heavy atom. The number of rotatable bonds is 7. The predicted molar refractivity (Wildman–Crippen MR) is 127 cm³/mol. The molecular weight excluding hydrogens is 418 g/mol. The number of hydrogen-bond acceptors (Lipinski definition) is 6. The average Bonchev–Trinajstić information content (AvgIpc) is 3.42. The zero-order valence-electron chi connectivity index (χ0n) is 19.7. The number of imidazole rings is 1. The van der Waals surface area contributed by atoms with Gasteiger partial charge in [0.05, 0.1) is 5.69 Å². The second kappa shape index (κ2) is 8.83. The van der Waals surface area contributed by atoms with Crippen molar-refractivity contribution in [2.45, 2.75) is 64.8 Å². The van der Waals surface area contributed by atoms with Crippen molar-refractivity contribution >= 4 is 17.9 Å². The molecule has 2 aliphatic heterocycles. The van der Waals surface area contributed by atoms with Crippen LogP contribution in [0.2, 0.25) is 0 Å². The maximum absolute atomic E-state index is 11.2. The number of likely N-dealkylation sites (tertiary alicyclic amines) is 1. The summed E-state index contributed by atoms with van der Waals surface area (Å²) >= 11 is 0. The van der Waals surface area contributed by atoms with Gasteiger partial charge in [-0.2, -0.15) is 4.98 Å². The second-order valence-electron chi connectivity index (χ2n) is 10.5. The van der Waals surface area contributed by atoms with Crippen LogP contribution in [0.4, 0.5) is 16.6 Å². The quantitative estimate of drug-likeness (QED) is 0.590. The summed E-state index contributed by atoms with van der Waals surface area (Å²) in [5.74, 6) is 3.33. The van der Waals surface area contributed by atoms with Crippen LogP contribution in [0.15, 0.2) is 12.4 Å². The lowest BCUT2D eigenvalue weighted by atomic mass is 9.79. The number of aromatic nitrogens is 4. The summed E-state index contributed by atoms with van der Waals surface area (Å²) in [4.78, 5) is 32.8. The molecule has 3 aliphatic rings. The molecule has 1 atom stereocenters. The van der Waals surface area contributed by atoms with Crippen molar-refractivity contribution in [3.8, 4) is 0 Å². The highest BCUT2D eigenvalue weighted by Gasteiger charge is 2.50. The van der Waals surface area contributed by atoms with Crippen LogP contribution in [0, 0.1) is 11.3 Å². The maximum Gasteiger partial charge on any atom is 0.407 e. The Morgan fingerprint density at radius 2 is 2.06 bits per heavy atom. The van der Waals surface area contributed by atoms with Crippen LogP contribution in [0.1, 0.15) is 56.6 Å². The largest absolute Gasteiger partial charge is 0.465 e. The number of anilines is 2. The van der Waals surface area contributed by atoms with E-state index in [0.717, 1.165) is 62.8 Å². The number of nitrogens with zero attached hydrogens (tertiary/aromatic N) is 5. The summed E-state index contributed by atoms with van der Waals surface area (Å²) < 4.78 is 0. The predicted octanol–water partition coefficient (Wildman–Crippen LogP) is 3.34. The summed E-state index contributed by atoms with van der Waals surface area (Å²) in [6, 6.07) is 0.241. The van der Waals surface area contributed by atoms with Gasteiger partial charge in [-0.05, 0) is 44.4 Å². The van der Waals surface area contributed by atoms with Gasteiger partial charge in [0, 0.05) is 62.0 Å². The molecule has 1 spiro atoms. The SMILES string of the molecule is CC(C)C[C@@H](Cc1ncc[nH]1)Nc1nc(N2CCC3(CN(C(=O)O)C3)C2)nc2c1CCCC2. The summed E-state index contributed by atoms with van der Waals surface area (Å²) in [5, 5.41) is 13.0. The molecule has 0 bridgehead atoms. The molecule has 3 N–H and O–H groups in total. The minimum Gasteiger partial charge on any atom is -0.465 e. The van der Waals surface area contributed by atoms with E-state index in [0.29, 0.717) is 19.0 Å². The maximum atomic E-state index is 11.2. The van der Waals surface area contributed by atoms with E-state index < -0.39 is 6.09 Å². The van der Waals surface area contributed by atoms with Gasteiger partial charge in [-0.3, -0.25) is 0 Å². The highest BCUT2D eigenvalue weighted by molar-refractivity contribution is 5.66. The molecule has 2 aromatic heterocycles. The highest BCUT2D eigenvalue weighted by atomic mass is 16.4. The van der Waals surface area contributed by atoms with E-state index in [2.05, 4.69) is 34.0 Å². The third kappa shape index (κ3) is 4.63. The molecule has 4 heterocycles. The van der Waals surface area contributed by atoms with Gasteiger partial charge in [-0.15, -0.1) is 0 Å². The van der Waals surface area contributed by atoms with Crippen molar-refractivity contribution in [3.05, 3.63) is 29.5 Å². The summed E-state index contributed by atoms with van der Waals surface area (Å²) in [5.41, 5.74) is 2.51. The van der Waals surface area contributed by atoms with Crippen molar-refractivity contribution in [2.24, 2.45) is 11.3 Å². The van der Waals surface area contributed by atoms with Gasteiger partial charge < -0.3 is 25.2 Å². The minimum absolute atomic E-state index is 0.0602. The third-order valence-electron chi connectivity index (χ3n) is 7.31. The van der Waals surface area contributed by atoms with Crippen LogP contribution in [-0.4, -0.2) is 68.3 Å². The molecule has 2 fully saturated rings. The average molecular weight is 454 g/mol. The molecule has 178 valence electrons. The number of amides is 1. The van der Waals surface area contributed by atoms with E-state index in [-0.39, 0.29) is 11.5 Å². The molecule has 9 nitrogen and oxygen atoms in total. The lowest BCUT2D eigenvalue weighted by molar-refractivity contribution is 0.0251. The van der Waals surface area contributed by atoms with Crippen molar-refractivity contribution in [3.63, 3.8) is 0 Å². The Bertz CT molecular complexity index is 985. The van der Waals surface area contributed by atoms with E-state index in [1.165, 1.54) is 29.0 Å². The zero-order chi connectivity index (χ0) is 23.0. The molecule has 9 heteroatoms. The summed E-state index contributed by atoms with van der Waals surface area (Å²) in [6.07, 6.45) is 10.1. The number of aryl methyl sites for hydroxylation is 1. The monoisotopic (exact) mass is 453 g/mol. The van der Waals surface area contributed by atoms with Gasteiger partial charge in [-0.25, -0.2) is 14.8 Å². The Morgan fingerprint density at radius 1 is 1.24 bits per heavy atom. The Labute approximate surface area is 195 Å². The second-order valence-corrected chi connectivity index (χ2v) is 10.5. The molecular formula is C24H35N7O2.